The Hall–Kier alpha value is -2.43. The maximum atomic E-state index is 12.2. The molecule has 0 bridgehead atoms. The fourth-order valence-corrected chi connectivity index (χ4v) is 3.28. The van der Waals surface area contributed by atoms with Gasteiger partial charge in [-0.15, -0.1) is 0 Å². The van der Waals surface area contributed by atoms with Crippen molar-refractivity contribution in [2.45, 2.75) is 9.79 Å². The summed E-state index contributed by atoms with van der Waals surface area (Å²) in [4.78, 5) is 14.3. The average Bonchev–Trinajstić information content (AvgIpc) is 2.64. The molecule has 3 aromatic rings. The first kappa shape index (κ1) is 17.4. The summed E-state index contributed by atoms with van der Waals surface area (Å²) in [6, 6.07) is 24.8. The van der Waals surface area contributed by atoms with Crippen LogP contribution in [-0.4, -0.2) is 12.5 Å². The first-order valence-corrected chi connectivity index (χ1v) is 8.91. The second kappa shape index (κ2) is 8.60. The summed E-state index contributed by atoms with van der Waals surface area (Å²) in [5.74, 6) is 0.257. The third kappa shape index (κ3) is 5.02. The smallest absolute Gasteiger partial charge is 0.262 e. The highest BCUT2D eigenvalue weighted by Gasteiger charge is 2.09. The van der Waals surface area contributed by atoms with Crippen molar-refractivity contribution in [1.82, 2.24) is 0 Å². The molecule has 0 heterocycles. The molecule has 0 saturated heterocycles. The van der Waals surface area contributed by atoms with Crippen LogP contribution in [0, 0.1) is 0 Å². The van der Waals surface area contributed by atoms with Gasteiger partial charge in [0.2, 0.25) is 0 Å². The minimum Gasteiger partial charge on any atom is -0.482 e. The van der Waals surface area contributed by atoms with Gasteiger partial charge in [-0.05, 0) is 36.4 Å². The van der Waals surface area contributed by atoms with Crippen LogP contribution in [0.2, 0.25) is 5.02 Å². The van der Waals surface area contributed by atoms with Crippen molar-refractivity contribution in [3.05, 3.63) is 83.9 Å². The number of anilines is 1. The zero-order valence-electron chi connectivity index (χ0n) is 13.3. The first-order valence-electron chi connectivity index (χ1n) is 7.71. The summed E-state index contributed by atoms with van der Waals surface area (Å²) in [5, 5.41) is 3.37. The Kier molecular flexibility index (Phi) is 5.99. The van der Waals surface area contributed by atoms with Crippen LogP contribution in [-0.2, 0) is 4.79 Å². The van der Waals surface area contributed by atoms with Gasteiger partial charge < -0.3 is 10.1 Å². The Morgan fingerprint density at radius 2 is 1.60 bits per heavy atom. The number of carbonyl (C=O) groups is 1. The molecule has 0 aliphatic carbocycles. The van der Waals surface area contributed by atoms with Crippen LogP contribution in [0.3, 0.4) is 0 Å². The molecule has 3 rings (SSSR count). The predicted molar refractivity (Wildman–Crippen MR) is 103 cm³/mol. The molecule has 0 fully saturated rings. The fourth-order valence-electron chi connectivity index (χ4n) is 2.17. The van der Waals surface area contributed by atoms with Gasteiger partial charge in [0.25, 0.3) is 5.91 Å². The van der Waals surface area contributed by atoms with E-state index in [1.54, 1.807) is 23.9 Å². The second-order valence-electron chi connectivity index (χ2n) is 5.18. The van der Waals surface area contributed by atoms with Crippen molar-refractivity contribution >= 4 is 35.0 Å². The molecule has 1 N–H and O–H groups in total. The third-order valence-corrected chi connectivity index (χ3v) is 4.72. The highest BCUT2D eigenvalue weighted by molar-refractivity contribution is 7.99. The van der Waals surface area contributed by atoms with Gasteiger partial charge in [0.1, 0.15) is 5.75 Å². The summed E-state index contributed by atoms with van der Waals surface area (Å²) >= 11 is 7.62. The molecule has 0 aliphatic heterocycles. The quantitative estimate of drug-likeness (QED) is 0.622. The normalized spacial score (nSPS) is 10.3. The van der Waals surface area contributed by atoms with Crippen LogP contribution in [0.25, 0.3) is 0 Å². The number of amides is 1. The van der Waals surface area contributed by atoms with Gasteiger partial charge in [-0.1, -0.05) is 65.8 Å². The molecule has 126 valence electrons. The van der Waals surface area contributed by atoms with Crippen molar-refractivity contribution in [3.8, 4) is 5.75 Å². The van der Waals surface area contributed by atoms with E-state index in [2.05, 4.69) is 5.32 Å². The van der Waals surface area contributed by atoms with Gasteiger partial charge in [-0.25, -0.2) is 0 Å². The zero-order chi connectivity index (χ0) is 17.5. The molecule has 3 nitrogen and oxygen atoms in total. The Bertz CT molecular complexity index is 855. The number of nitrogens with one attached hydrogen (secondary N) is 1. The van der Waals surface area contributed by atoms with Gasteiger partial charge in [0, 0.05) is 9.79 Å². The van der Waals surface area contributed by atoms with Gasteiger partial charge in [-0.3, -0.25) is 4.79 Å². The lowest BCUT2D eigenvalue weighted by atomic mass is 10.3. The molecule has 3 aromatic carbocycles. The van der Waals surface area contributed by atoms with Gasteiger partial charge in [0.15, 0.2) is 6.61 Å². The van der Waals surface area contributed by atoms with Crippen molar-refractivity contribution in [1.29, 1.82) is 0 Å². The Labute approximate surface area is 156 Å². The lowest BCUT2D eigenvalue weighted by Gasteiger charge is -2.12. The molecule has 0 radical (unpaired) electrons. The van der Waals surface area contributed by atoms with E-state index in [9.17, 15) is 4.79 Å². The summed E-state index contributed by atoms with van der Waals surface area (Å²) in [5.41, 5.74) is 0.754. The molecule has 1 amide bonds. The summed E-state index contributed by atoms with van der Waals surface area (Å²) < 4.78 is 5.48. The van der Waals surface area contributed by atoms with Crippen molar-refractivity contribution in [3.63, 3.8) is 0 Å². The van der Waals surface area contributed by atoms with E-state index in [1.165, 1.54) is 0 Å². The molecule has 5 heteroatoms. The average molecular weight is 370 g/mol. The monoisotopic (exact) mass is 369 g/mol. The number of halogens is 1. The lowest BCUT2D eigenvalue weighted by Crippen LogP contribution is -2.20. The van der Waals surface area contributed by atoms with E-state index in [1.807, 2.05) is 66.7 Å². The topological polar surface area (TPSA) is 38.3 Å². The number of hydrogen-bond donors (Lipinski definition) is 1. The van der Waals surface area contributed by atoms with Crippen molar-refractivity contribution < 1.29 is 9.53 Å². The Morgan fingerprint density at radius 1 is 0.920 bits per heavy atom. The maximum absolute atomic E-state index is 12.2. The van der Waals surface area contributed by atoms with Gasteiger partial charge in [-0.2, -0.15) is 0 Å². The highest BCUT2D eigenvalue weighted by Crippen LogP contribution is 2.33. The SMILES string of the molecule is O=C(COc1ccccc1Cl)Nc1ccccc1Sc1ccccc1. The standard InChI is InChI=1S/C20H16ClNO2S/c21-16-10-4-6-12-18(16)24-14-20(23)22-17-11-5-7-13-19(17)25-15-8-2-1-3-9-15/h1-13H,14H2,(H,22,23). The van der Waals surface area contributed by atoms with Crippen LogP contribution in [0.15, 0.2) is 88.7 Å². The molecule has 0 aliphatic rings. The van der Waals surface area contributed by atoms with Crippen LogP contribution in [0.5, 0.6) is 5.75 Å². The summed E-state index contributed by atoms with van der Waals surface area (Å²) in [6.45, 7) is -0.103. The van der Waals surface area contributed by atoms with Crippen LogP contribution >= 0.6 is 23.4 Å². The molecular formula is C20H16ClNO2S. The summed E-state index contributed by atoms with van der Waals surface area (Å²) in [7, 11) is 0. The second-order valence-corrected chi connectivity index (χ2v) is 6.70. The molecular weight excluding hydrogens is 354 g/mol. The van der Waals surface area contributed by atoms with E-state index >= 15 is 0 Å². The number of para-hydroxylation sites is 2. The third-order valence-electron chi connectivity index (χ3n) is 3.33. The van der Waals surface area contributed by atoms with E-state index in [-0.39, 0.29) is 12.5 Å². The van der Waals surface area contributed by atoms with Crippen LogP contribution < -0.4 is 10.1 Å². The molecule has 25 heavy (non-hydrogen) atoms. The van der Waals surface area contributed by atoms with Crippen molar-refractivity contribution in [2.24, 2.45) is 0 Å². The Balaban J connectivity index is 1.64. The first-order chi connectivity index (χ1) is 12.2. The highest BCUT2D eigenvalue weighted by atomic mass is 35.5. The van der Waals surface area contributed by atoms with E-state index < -0.39 is 0 Å². The van der Waals surface area contributed by atoms with E-state index in [0.717, 1.165) is 15.5 Å². The van der Waals surface area contributed by atoms with E-state index in [4.69, 9.17) is 16.3 Å². The van der Waals surface area contributed by atoms with Crippen LogP contribution in [0.4, 0.5) is 5.69 Å². The lowest BCUT2D eigenvalue weighted by molar-refractivity contribution is -0.118. The molecule has 0 aromatic heterocycles. The number of rotatable bonds is 6. The molecule has 0 spiro atoms. The fraction of sp³-hybridized carbons (Fsp3) is 0.0500. The van der Waals surface area contributed by atoms with Crippen molar-refractivity contribution in [2.75, 3.05) is 11.9 Å². The Morgan fingerprint density at radius 3 is 2.40 bits per heavy atom. The number of hydrogen-bond acceptors (Lipinski definition) is 3. The molecule has 0 saturated carbocycles. The molecule has 0 atom stereocenters. The van der Waals surface area contributed by atoms with Crippen LogP contribution in [0.1, 0.15) is 0 Å². The van der Waals surface area contributed by atoms with E-state index in [0.29, 0.717) is 10.8 Å². The largest absolute Gasteiger partial charge is 0.482 e. The van der Waals surface area contributed by atoms with Gasteiger partial charge >= 0.3 is 0 Å². The minimum atomic E-state index is -0.235. The zero-order valence-corrected chi connectivity index (χ0v) is 14.9. The number of ether oxygens (including phenoxy) is 1. The number of benzene rings is 3. The minimum absolute atomic E-state index is 0.103. The summed E-state index contributed by atoms with van der Waals surface area (Å²) in [6.07, 6.45) is 0. The number of carbonyl (C=O) groups excluding carboxylic acids is 1. The maximum Gasteiger partial charge on any atom is 0.262 e. The van der Waals surface area contributed by atoms with Gasteiger partial charge in [0.05, 0.1) is 10.7 Å². The predicted octanol–water partition coefficient (Wildman–Crippen LogP) is 5.51. The molecule has 0 unspecified atom stereocenters.